The molecule has 0 aliphatic heterocycles. The van der Waals surface area contributed by atoms with Gasteiger partial charge in [-0.2, -0.15) is 0 Å². The Morgan fingerprint density at radius 3 is 2.79 bits per heavy atom. The van der Waals surface area contributed by atoms with E-state index in [1.807, 2.05) is 24.3 Å². The van der Waals surface area contributed by atoms with Crippen molar-refractivity contribution < 1.29 is 4.79 Å². The molecule has 0 bridgehead atoms. The van der Waals surface area contributed by atoms with Crippen molar-refractivity contribution in [1.29, 1.82) is 0 Å². The first-order chi connectivity index (χ1) is 9.11. The number of nitrogens with zero attached hydrogens (tertiary/aromatic N) is 2. The van der Waals surface area contributed by atoms with Crippen LogP contribution in [-0.4, -0.2) is 15.5 Å². The number of hydrazine groups is 1. The zero-order chi connectivity index (χ0) is 13.8. The largest absolute Gasteiger partial charge is 0.318 e. The van der Waals surface area contributed by atoms with Gasteiger partial charge < -0.3 is 4.57 Å². The van der Waals surface area contributed by atoms with Gasteiger partial charge in [0.05, 0.1) is 6.20 Å². The van der Waals surface area contributed by atoms with Gasteiger partial charge in [0, 0.05) is 17.8 Å². The highest BCUT2D eigenvalue weighted by Crippen LogP contribution is 2.22. The van der Waals surface area contributed by atoms with Crippen LogP contribution in [0.3, 0.4) is 0 Å². The average molecular weight is 297 g/mol. The number of rotatable bonds is 4. The summed E-state index contributed by atoms with van der Waals surface area (Å²) in [4.78, 5) is 15.6. The first kappa shape index (κ1) is 13.9. The van der Waals surface area contributed by atoms with E-state index in [1.165, 1.54) is 6.20 Å². The topological polar surface area (TPSA) is 72.9 Å². The summed E-state index contributed by atoms with van der Waals surface area (Å²) in [5.74, 6) is 5.50. The van der Waals surface area contributed by atoms with Crippen molar-refractivity contribution in [2.24, 2.45) is 12.9 Å². The second-order valence-electron chi connectivity index (χ2n) is 3.87. The van der Waals surface area contributed by atoms with E-state index in [4.69, 9.17) is 17.4 Å². The number of aromatic nitrogens is 2. The Balaban J connectivity index is 2.06. The fourth-order valence-corrected chi connectivity index (χ4v) is 2.57. The number of amides is 1. The summed E-state index contributed by atoms with van der Waals surface area (Å²) in [5, 5.41) is 1.47. The number of nitrogens with one attached hydrogen (secondary N) is 1. The number of nitrogen functional groups attached to an aromatic ring is 1. The summed E-state index contributed by atoms with van der Waals surface area (Å²) in [7, 11) is 1.78. The Bertz CT molecular complexity index is 582. The van der Waals surface area contributed by atoms with Crippen LogP contribution in [0.1, 0.15) is 16.1 Å². The van der Waals surface area contributed by atoms with Crippen LogP contribution in [-0.2, 0) is 12.8 Å². The molecule has 7 heteroatoms. The summed E-state index contributed by atoms with van der Waals surface area (Å²) in [6, 6.07) is 7.63. The minimum atomic E-state index is -0.353. The van der Waals surface area contributed by atoms with Gasteiger partial charge in [0.2, 0.25) is 0 Å². The Morgan fingerprint density at radius 1 is 1.47 bits per heavy atom. The van der Waals surface area contributed by atoms with Crippen LogP contribution in [0.5, 0.6) is 0 Å². The smallest absolute Gasteiger partial charge is 0.283 e. The van der Waals surface area contributed by atoms with E-state index in [1.54, 1.807) is 23.4 Å². The molecule has 0 fully saturated rings. The predicted octanol–water partition coefficient (Wildman–Crippen LogP) is 1.97. The highest BCUT2D eigenvalue weighted by molar-refractivity contribution is 7.98. The number of thioether (sulfide) groups is 1. The molecule has 1 aromatic carbocycles. The molecule has 0 unspecified atom stereocenters. The molecule has 1 heterocycles. The van der Waals surface area contributed by atoms with E-state index in [9.17, 15) is 4.79 Å². The molecule has 19 heavy (non-hydrogen) atoms. The van der Waals surface area contributed by atoms with Gasteiger partial charge in [-0.3, -0.25) is 10.2 Å². The van der Waals surface area contributed by atoms with Crippen molar-refractivity contribution in [2.75, 3.05) is 0 Å². The Morgan fingerprint density at radius 2 is 2.16 bits per heavy atom. The predicted molar refractivity (Wildman–Crippen MR) is 75.9 cm³/mol. The quantitative estimate of drug-likeness (QED) is 0.391. The minimum Gasteiger partial charge on any atom is -0.318 e. The maximum atomic E-state index is 11.4. The monoisotopic (exact) mass is 296 g/mol. The molecule has 0 aliphatic carbocycles. The summed E-state index contributed by atoms with van der Waals surface area (Å²) < 4.78 is 1.71. The summed E-state index contributed by atoms with van der Waals surface area (Å²) in [6.45, 7) is 0. The highest BCUT2D eigenvalue weighted by Gasteiger charge is 2.12. The molecule has 5 nitrogen and oxygen atoms in total. The normalized spacial score (nSPS) is 10.5. The molecule has 0 spiro atoms. The first-order valence-corrected chi connectivity index (χ1v) is 6.88. The SMILES string of the molecule is Cn1c(C(=O)NN)cnc1SCc1ccc(Cl)cc1. The van der Waals surface area contributed by atoms with E-state index < -0.39 is 0 Å². The van der Waals surface area contributed by atoms with Crippen LogP contribution in [0, 0.1) is 0 Å². The van der Waals surface area contributed by atoms with Gasteiger partial charge in [-0.15, -0.1) is 0 Å². The molecule has 1 amide bonds. The molecule has 0 radical (unpaired) electrons. The lowest BCUT2D eigenvalue weighted by Crippen LogP contribution is -2.31. The first-order valence-electron chi connectivity index (χ1n) is 5.51. The zero-order valence-corrected chi connectivity index (χ0v) is 11.8. The molecular weight excluding hydrogens is 284 g/mol. The fourth-order valence-electron chi connectivity index (χ4n) is 1.54. The van der Waals surface area contributed by atoms with E-state index in [0.717, 1.165) is 16.5 Å². The van der Waals surface area contributed by atoms with E-state index >= 15 is 0 Å². The van der Waals surface area contributed by atoms with Crippen LogP contribution in [0.2, 0.25) is 5.02 Å². The van der Waals surface area contributed by atoms with E-state index in [2.05, 4.69) is 10.4 Å². The molecule has 100 valence electrons. The Labute approximate surface area is 120 Å². The molecule has 0 saturated heterocycles. The Hall–Kier alpha value is -1.50. The van der Waals surface area contributed by atoms with Gasteiger partial charge in [-0.1, -0.05) is 35.5 Å². The van der Waals surface area contributed by atoms with Crippen LogP contribution in [0.25, 0.3) is 0 Å². The maximum Gasteiger partial charge on any atom is 0.283 e. The number of nitrogens with two attached hydrogens (primary N) is 1. The average Bonchev–Trinajstić information content (AvgIpc) is 2.79. The minimum absolute atomic E-state index is 0.353. The van der Waals surface area contributed by atoms with Crippen molar-refractivity contribution in [3.63, 3.8) is 0 Å². The van der Waals surface area contributed by atoms with Gasteiger partial charge in [0.25, 0.3) is 5.91 Å². The van der Waals surface area contributed by atoms with Gasteiger partial charge in [0.15, 0.2) is 5.16 Å². The van der Waals surface area contributed by atoms with Crippen molar-refractivity contribution in [3.05, 3.63) is 46.7 Å². The number of hydrogen-bond donors (Lipinski definition) is 2. The molecule has 1 aromatic heterocycles. The number of benzene rings is 1. The highest BCUT2D eigenvalue weighted by atomic mass is 35.5. The fraction of sp³-hybridized carbons (Fsp3) is 0.167. The Kier molecular flexibility index (Phi) is 4.47. The van der Waals surface area contributed by atoms with Crippen molar-refractivity contribution in [1.82, 2.24) is 15.0 Å². The maximum absolute atomic E-state index is 11.4. The molecule has 0 aliphatic rings. The van der Waals surface area contributed by atoms with Gasteiger partial charge in [-0.25, -0.2) is 10.8 Å². The summed E-state index contributed by atoms with van der Waals surface area (Å²) in [5.41, 5.74) is 3.66. The molecule has 0 atom stereocenters. The van der Waals surface area contributed by atoms with Gasteiger partial charge in [-0.05, 0) is 17.7 Å². The second kappa shape index (κ2) is 6.10. The molecule has 0 saturated carbocycles. The lowest BCUT2D eigenvalue weighted by molar-refractivity contribution is 0.0945. The zero-order valence-electron chi connectivity index (χ0n) is 10.3. The van der Waals surface area contributed by atoms with Gasteiger partial charge >= 0.3 is 0 Å². The standard InChI is InChI=1S/C12H13ClN4OS/c1-17-10(11(18)16-14)6-15-12(17)19-7-8-2-4-9(13)5-3-8/h2-6H,7,14H2,1H3,(H,16,18). The third kappa shape index (κ3) is 3.28. The van der Waals surface area contributed by atoms with Crippen molar-refractivity contribution >= 4 is 29.3 Å². The summed E-state index contributed by atoms with van der Waals surface area (Å²) >= 11 is 7.37. The number of halogens is 1. The summed E-state index contributed by atoms with van der Waals surface area (Å²) in [6.07, 6.45) is 1.51. The van der Waals surface area contributed by atoms with Crippen molar-refractivity contribution in [3.8, 4) is 0 Å². The van der Waals surface area contributed by atoms with E-state index in [-0.39, 0.29) is 5.91 Å². The molecule has 2 rings (SSSR count). The van der Waals surface area contributed by atoms with Gasteiger partial charge in [0.1, 0.15) is 5.69 Å². The number of carbonyl (C=O) groups is 1. The molecule has 2 aromatic rings. The lowest BCUT2D eigenvalue weighted by Gasteiger charge is -2.04. The molecule has 3 N–H and O–H groups in total. The molecular formula is C12H13ClN4OS. The number of imidazole rings is 1. The lowest BCUT2D eigenvalue weighted by atomic mass is 10.2. The van der Waals surface area contributed by atoms with E-state index in [0.29, 0.717) is 10.7 Å². The third-order valence-electron chi connectivity index (χ3n) is 2.59. The van der Waals surface area contributed by atoms with Crippen molar-refractivity contribution in [2.45, 2.75) is 10.9 Å². The van der Waals surface area contributed by atoms with Crippen LogP contribution in [0.4, 0.5) is 0 Å². The second-order valence-corrected chi connectivity index (χ2v) is 5.25. The van der Waals surface area contributed by atoms with Crippen LogP contribution >= 0.6 is 23.4 Å². The number of hydrogen-bond acceptors (Lipinski definition) is 4. The van der Waals surface area contributed by atoms with Crippen LogP contribution in [0.15, 0.2) is 35.6 Å². The van der Waals surface area contributed by atoms with Crippen LogP contribution < -0.4 is 11.3 Å². The third-order valence-corrected chi connectivity index (χ3v) is 3.96. The number of carbonyl (C=O) groups excluding carboxylic acids is 1.